The summed E-state index contributed by atoms with van der Waals surface area (Å²) in [7, 11) is 0. The van der Waals surface area contributed by atoms with Crippen molar-refractivity contribution in [2.75, 3.05) is 11.9 Å². The van der Waals surface area contributed by atoms with Gasteiger partial charge in [-0.3, -0.25) is 0 Å². The second-order valence-corrected chi connectivity index (χ2v) is 4.50. The van der Waals surface area contributed by atoms with Gasteiger partial charge in [-0.05, 0) is 27.2 Å². The zero-order valence-corrected chi connectivity index (χ0v) is 10.9. The Bertz CT molecular complexity index is 355. The van der Waals surface area contributed by atoms with Crippen molar-refractivity contribution in [1.82, 2.24) is 9.97 Å². The standard InChI is InChI=1S/C11H18ClN3O/c1-5-11(3,4)16-9-8(12)7-14-10(15-9)13-6-2/h7H,5-6H2,1-4H3,(H,13,14,15). The maximum atomic E-state index is 5.98. The van der Waals surface area contributed by atoms with Gasteiger partial charge in [0.25, 0.3) is 0 Å². The summed E-state index contributed by atoms with van der Waals surface area (Å²) < 4.78 is 5.75. The molecule has 1 N–H and O–H groups in total. The Kier molecular flexibility index (Phi) is 4.35. The van der Waals surface area contributed by atoms with Gasteiger partial charge in [0.1, 0.15) is 10.6 Å². The van der Waals surface area contributed by atoms with Crippen LogP contribution in [0, 0.1) is 0 Å². The summed E-state index contributed by atoms with van der Waals surface area (Å²) in [5, 5.41) is 3.45. The van der Waals surface area contributed by atoms with Crippen LogP contribution in [0.1, 0.15) is 34.1 Å². The highest BCUT2D eigenvalue weighted by atomic mass is 35.5. The minimum absolute atomic E-state index is 0.276. The lowest BCUT2D eigenvalue weighted by Crippen LogP contribution is -2.27. The van der Waals surface area contributed by atoms with Gasteiger partial charge in [-0.15, -0.1) is 0 Å². The highest BCUT2D eigenvalue weighted by Gasteiger charge is 2.19. The molecule has 0 spiro atoms. The van der Waals surface area contributed by atoms with Crippen molar-refractivity contribution in [3.63, 3.8) is 0 Å². The normalized spacial score (nSPS) is 11.3. The van der Waals surface area contributed by atoms with E-state index in [0.29, 0.717) is 16.9 Å². The van der Waals surface area contributed by atoms with E-state index in [2.05, 4.69) is 22.2 Å². The molecule has 0 unspecified atom stereocenters. The molecule has 0 saturated heterocycles. The monoisotopic (exact) mass is 243 g/mol. The molecular formula is C11H18ClN3O. The van der Waals surface area contributed by atoms with Crippen LogP contribution in [0.4, 0.5) is 5.95 Å². The van der Waals surface area contributed by atoms with Crippen molar-refractivity contribution in [2.24, 2.45) is 0 Å². The van der Waals surface area contributed by atoms with Gasteiger partial charge in [0.05, 0.1) is 6.20 Å². The Morgan fingerprint density at radius 1 is 1.44 bits per heavy atom. The van der Waals surface area contributed by atoms with Gasteiger partial charge in [0.2, 0.25) is 11.8 Å². The fourth-order valence-electron chi connectivity index (χ4n) is 1.00. The van der Waals surface area contributed by atoms with Crippen LogP contribution in [0.5, 0.6) is 5.88 Å². The van der Waals surface area contributed by atoms with Crippen LogP contribution in [-0.2, 0) is 0 Å². The number of ether oxygens (including phenoxy) is 1. The molecule has 0 bridgehead atoms. The van der Waals surface area contributed by atoms with Crippen molar-refractivity contribution >= 4 is 17.5 Å². The van der Waals surface area contributed by atoms with Crippen molar-refractivity contribution in [1.29, 1.82) is 0 Å². The fourth-order valence-corrected chi connectivity index (χ4v) is 1.13. The first-order valence-corrected chi connectivity index (χ1v) is 5.81. The SMILES string of the molecule is CCNc1ncc(Cl)c(OC(C)(C)CC)n1. The van der Waals surface area contributed by atoms with Crippen LogP contribution in [-0.4, -0.2) is 22.1 Å². The van der Waals surface area contributed by atoms with Crippen LogP contribution in [0.25, 0.3) is 0 Å². The number of halogens is 1. The van der Waals surface area contributed by atoms with Crippen LogP contribution in [0.3, 0.4) is 0 Å². The lowest BCUT2D eigenvalue weighted by Gasteiger charge is -2.24. The first-order valence-electron chi connectivity index (χ1n) is 5.44. The Morgan fingerprint density at radius 3 is 2.69 bits per heavy atom. The number of aromatic nitrogens is 2. The molecule has 1 aromatic rings. The number of nitrogens with one attached hydrogen (secondary N) is 1. The van der Waals surface area contributed by atoms with E-state index in [4.69, 9.17) is 16.3 Å². The number of rotatable bonds is 5. The largest absolute Gasteiger partial charge is 0.470 e. The van der Waals surface area contributed by atoms with E-state index in [9.17, 15) is 0 Å². The lowest BCUT2D eigenvalue weighted by molar-refractivity contribution is 0.0992. The Morgan fingerprint density at radius 2 is 2.12 bits per heavy atom. The Labute approximate surface area is 101 Å². The second kappa shape index (κ2) is 5.34. The van der Waals surface area contributed by atoms with E-state index >= 15 is 0 Å². The minimum Gasteiger partial charge on any atom is -0.470 e. The molecule has 0 aliphatic carbocycles. The maximum absolute atomic E-state index is 5.98. The van der Waals surface area contributed by atoms with Crippen LogP contribution in [0.2, 0.25) is 5.02 Å². The molecular weight excluding hydrogens is 226 g/mol. The smallest absolute Gasteiger partial charge is 0.238 e. The predicted octanol–water partition coefficient (Wildman–Crippen LogP) is 3.13. The summed E-state index contributed by atoms with van der Waals surface area (Å²) in [6.45, 7) is 8.80. The van der Waals surface area contributed by atoms with Gasteiger partial charge in [-0.1, -0.05) is 18.5 Å². The van der Waals surface area contributed by atoms with E-state index in [1.165, 1.54) is 0 Å². The van der Waals surface area contributed by atoms with Crippen LogP contribution in [0.15, 0.2) is 6.20 Å². The highest BCUT2D eigenvalue weighted by Crippen LogP contribution is 2.26. The lowest BCUT2D eigenvalue weighted by atomic mass is 10.1. The van der Waals surface area contributed by atoms with Crippen LogP contribution >= 0.6 is 11.6 Å². The average molecular weight is 244 g/mol. The van der Waals surface area contributed by atoms with Crippen LogP contribution < -0.4 is 10.1 Å². The molecule has 1 aromatic heterocycles. The third kappa shape index (κ3) is 3.52. The Balaban J connectivity index is 2.89. The zero-order chi connectivity index (χ0) is 12.2. The molecule has 16 heavy (non-hydrogen) atoms. The third-order valence-electron chi connectivity index (χ3n) is 2.27. The molecule has 0 amide bonds. The molecule has 0 saturated carbocycles. The zero-order valence-electron chi connectivity index (χ0n) is 10.2. The van der Waals surface area contributed by atoms with Gasteiger partial charge >= 0.3 is 0 Å². The predicted molar refractivity (Wildman–Crippen MR) is 66.2 cm³/mol. The molecule has 1 rings (SSSR count). The summed E-state index contributed by atoms with van der Waals surface area (Å²) in [4.78, 5) is 8.27. The quantitative estimate of drug-likeness (QED) is 0.863. The summed E-state index contributed by atoms with van der Waals surface area (Å²) >= 11 is 5.98. The molecule has 90 valence electrons. The van der Waals surface area contributed by atoms with E-state index < -0.39 is 0 Å². The van der Waals surface area contributed by atoms with E-state index in [1.54, 1.807) is 6.20 Å². The fraction of sp³-hybridized carbons (Fsp3) is 0.636. The van der Waals surface area contributed by atoms with E-state index in [1.807, 2.05) is 20.8 Å². The van der Waals surface area contributed by atoms with Crippen molar-refractivity contribution in [3.05, 3.63) is 11.2 Å². The van der Waals surface area contributed by atoms with Gasteiger partial charge in [-0.2, -0.15) is 4.98 Å². The first kappa shape index (κ1) is 13.0. The highest BCUT2D eigenvalue weighted by molar-refractivity contribution is 6.31. The second-order valence-electron chi connectivity index (χ2n) is 4.09. The van der Waals surface area contributed by atoms with Gasteiger partial charge in [0.15, 0.2) is 0 Å². The molecule has 0 fully saturated rings. The van der Waals surface area contributed by atoms with Crippen molar-refractivity contribution < 1.29 is 4.74 Å². The summed E-state index contributed by atoms with van der Waals surface area (Å²) in [6.07, 6.45) is 2.43. The molecule has 0 aliphatic heterocycles. The van der Waals surface area contributed by atoms with Gasteiger partial charge < -0.3 is 10.1 Å². The number of hydrogen-bond donors (Lipinski definition) is 1. The molecule has 0 aromatic carbocycles. The maximum Gasteiger partial charge on any atom is 0.238 e. The van der Waals surface area contributed by atoms with E-state index in [-0.39, 0.29) is 5.60 Å². The number of anilines is 1. The molecule has 0 aliphatic rings. The van der Waals surface area contributed by atoms with Crippen molar-refractivity contribution in [2.45, 2.75) is 39.7 Å². The molecule has 4 nitrogen and oxygen atoms in total. The van der Waals surface area contributed by atoms with Gasteiger partial charge in [0, 0.05) is 6.54 Å². The van der Waals surface area contributed by atoms with Crippen molar-refractivity contribution in [3.8, 4) is 5.88 Å². The molecule has 0 atom stereocenters. The molecule has 0 radical (unpaired) electrons. The minimum atomic E-state index is -0.276. The number of nitrogens with zero attached hydrogens (tertiary/aromatic N) is 2. The molecule has 1 heterocycles. The van der Waals surface area contributed by atoms with Gasteiger partial charge in [-0.25, -0.2) is 4.98 Å². The summed E-state index contributed by atoms with van der Waals surface area (Å²) in [6, 6.07) is 0. The first-order chi connectivity index (χ1) is 7.48. The third-order valence-corrected chi connectivity index (χ3v) is 2.53. The average Bonchev–Trinajstić information content (AvgIpc) is 2.23. The number of hydrogen-bond acceptors (Lipinski definition) is 4. The molecule has 5 heteroatoms. The Hall–Kier alpha value is -1.03. The topological polar surface area (TPSA) is 47.0 Å². The van der Waals surface area contributed by atoms with E-state index in [0.717, 1.165) is 13.0 Å². The summed E-state index contributed by atoms with van der Waals surface area (Å²) in [5.74, 6) is 0.966. The summed E-state index contributed by atoms with van der Waals surface area (Å²) in [5.41, 5.74) is -0.276.